The van der Waals surface area contributed by atoms with Crippen molar-refractivity contribution in [2.45, 2.75) is 26.8 Å². The summed E-state index contributed by atoms with van der Waals surface area (Å²) in [7, 11) is 0. The maximum atomic E-state index is 10.9. The van der Waals surface area contributed by atoms with E-state index < -0.39 is 12.0 Å². The molecule has 0 aromatic heterocycles. The topological polar surface area (TPSA) is 78.4 Å². The van der Waals surface area contributed by atoms with E-state index in [0.717, 1.165) is 5.56 Å². The van der Waals surface area contributed by atoms with Crippen molar-refractivity contribution in [3.63, 3.8) is 0 Å². The van der Waals surface area contributed by atoms with Crippen molar-refractivity contribution in [3.05, 3.63) is 23.8 Å². The largest absolute Gasteiger partial charge is 0.480 e. The second-order valence-electron chi connectivity index (χ2n) is 3.92. The Hall–Kier alpha value is -2.04. The molecule has 1 aromatic carbocycles. The van der Waals surface area contributed by atoms with Crippen molar-refractivity contribution in [1.29, 1.82) is 0 Å². The molecule has 0 spiro atoms. The van der Waals surface area contributed by atoms with Gasteiger partial charge in [-0.25, -0.2) is 0 Å². The first-order valence-corrected chi connectivity index (χ1v) is 5.27. The van der Waals surface area contributed by atoms with Crippen LogP contribution in [0.15, 0.2) is 18.2 Å². The van der Waals surface area contributed by atoms with Crippen LogP contribution in [-0.2, 0) is 9.59 Å². The summed E-state index contributed by atoms with van der Waals surface area (Å²) in [5.74, 6) is -1.08. The third kappa shape index (κ3) is 3.79. The van der Waals surface area contributed by atoms with Crippen molar-refractivity contribution < 1.29 is 14.7 Å². The Morgan fingerprint density at radius 2 is 2.00 bits per heavy atom. The van der Waals surface area contributed by atoms with Crippen molar-refractivity contribution in [3.8, 4) is 0 Å². The molecule has 1 aromatic rings. The molecule has 5 heteroatoms. The second-order valence-corrected chi connectivity index (χ2v) is 3.92. The Morgan fingerprint density at radius 3 is 2.53 bits per heavy atom. The van der Waals surface area contributed by atoms with Crippen LogP contribution in [0.4, 0.5) is 11.4 Å². The Morgan fingerprint density at radius 1 is 1.35 bits per heavy atom. The molecule has 0 bridgehead atoms. The van der Waals surface area contributed by atoms with Gasteiger partial charge in [0.05, 0.1) is 0 Å². The lowest BCUT2D eigenvalue weighted by Crippen LogP contribution is -2.25. The lowest BCUT2D eigenvalue weighted by atomic mass is 10.1. The summed E-state index contributed by atoms with van der Waals surface area (Å²) in [4.78, 5) is 21.7. The number of hydrogen-bond donors (Lipinski definition) is 3. The summed E-state index contributed by atoms with van der Waals surface area (Å²) in [6.07, 6.45) is 0. The molecular formula is C12H16N2O3. The Kier molecular flexibility index (Phi) is 4.09. The zero-order chi connectivity index (χ0) is 13.0. The zero-order valence-corrected chi connectivity index (χ0v) is 10.1. The molecule has 0 saturated carbocycles. The van der Waals surface area contributed by atoms with E-state index in [4.69, 9.17) is 5.11 Å². The minimum absolute atomic E-state index is 0.161. The van der Waals surface area contributed by atoms with Gasteiger partial charge in [0.2, 0.25) is 5.91 Å². The van der Waals surface area contributed by atoms with Crippen molar-refractivity contribution in [1.82, 2.24) is 0 Å². The Labute approximate surface area is 99.8 Å². The van der Waals surface area contributed by atoms with Gasteiger partial charge >= 0.3 is 5.97 Å². The maximum absolute atomic E-state index is 10.9. The summed E-state index contributed by atoms with van der Waals surface area (Å²) < 4.78 is 0. The summed E-state index contributed by atoms with van der Waals surface area (Å²) >= 11 is 0. The number of anilines is 2. The predicted octanol–water partition coefficient (Wildman–Crippen LogP) is 1.84. The van der Waals surface area contributed by atoms with Crippen LogP contribution in [-0.4, -0.2) is 23.0 Å². The Bertz CT molecular complexity index is 443. The number of carbonyl (C=O) groups excluding carboxylic acids is 1. The molecule has 0 aliphatic rings. The zero-order valence-electron chi connectivity index (χ0n) is 10.1. The van der Waals surface area contributed by atoms with E-state index in [1.807, 2.05) is 13.0 Å². The van der Waals surface area contributed by atoms with Gasteiger partial charge in [-0.2, -0.15) is 0 Å². The van der Waals surface area contributed by atoms with Gasteiger partial charge in [-0.3, -0.25) is 9.59 Å². The van der Waals surface area contributed by atoms with Crippen LogP contribution in [0.5, 0.6) is 0 Å². The molecule has 0 aliphatic heterocycles. The third-order valence-electron chi connectivity index (χ3n) is 2.30. The molecule has 1 atom stereocenters. The van der Waals surface area contributed by atoms with Crippen LogP contribution >= 0.6 is 0 Å². The minimum atomic E-state index is -0.922. The second kappa shape index (κ2) is 5.34. The summed E-state index contributed by atoms with van der Waals surface area (Å²) in [6, 6.07) is 4.63. The number of aliphatic carboxylic acids is 1. The van der Waals surface area contributed by atoms with Gasteiger partial charge in [0.25, 0.3) is 0 Å². The highest BCUT2D eigenvalue weighted by Crippen LogP contribution is 2.21. The number of amides is 1. The van der Waals surface area contributed by atoms with Crippen LogP contribution < -0.4 is 10.6 Å². The van der Waals surface area contributed by atoms with Gasteiger partial charge in [0.1, 0.15) is 6.04 Å². The number of carboxylic acids is 1. The SMILES string of the molecule is CC(=O)Nc1ccc(C)c(NC(C)C(=O)O)c1. The third-order valence-corrected chi connectivity index (χ3v) is 2.30. The van der Waals surface area contributed by atoms with Gasteiger partial charge < -0.3 is 15.7 Å². The first-order chi connectivity index (χ1) is 7.90. The molecule has 5 nitrogen and oxygen atoms in total. The smallest absolute Gasteiger partial charge is 0.325 e. The van der Waals surface area contributed by atoms with E-state index >= 15 is 0 Å². The molecular weight excluding hydrogens is 220 g/mol. The van der Waals surface area contributed by atoms with Crippen molar-refractivity contribution in [2.24, 2.45) is 0 Å². The number of benzene rings is 1. The molecule has 0 saturated heterocycles. The highest BCUT2D eigenvalue weighted by atomic mass is 16.4. The predicted molar refractivity (Wildman–Crippen MR) is 66.2 cm³/mol. The van der Waals surface area contributed by atoms with Gasteiger partial charge in [-0.15, -0.1) is 0 Å². The lowest BCUT2D eigenvalue weighted by Gasteiger charge is -2.14. The molecule has 1 unspecified atom stereocenters. The van der Waals surface area contributed by atoms with Crippen molar-refractivity contribution in [2.75, 3.05) is 10.6 Å². The van der Waals surface area contributed by atoms with Crippen LogP contribution in [0.3, 0.4) is 0 Å². The van der Waals surface area contributed by atoms with Gasteiger partial charge in [-0.05, 0) is 31.5 Å². The van der Waals surface area contributed by atoms with E-state index in [1.165, 1.54) is 6.92 Å². The van der Waals surface area contributed by atoms with Gasteiger partial charge in [0.15, 0.2) is 0 Å². The molecule has 3 N–H and O–H groups in total. The average Bonchev–Trinajstić information content (AvgIpc) is 2.22. The number of rotatable bonds is 4. The fourth-order valence-electron chi connectivity index (χ4n) is 1.35. The van der Waals surface area contributed by atoms with Crippen LogP contribution in [0.1, 0.15) is 19.4 Å². The number of carbonyl (C=O) groups is 2. The number of carboxylic acid groups (broad SMARTS) is 1. The molecule has 17 heavy (non-hydrogen) atoms. The van der Waals surface area contributed by atoms with E-state index in [2.05, 4.69) is 10.6 Å². The number of hydrogen-bond acceptors (Lipinski definition) is 3. The van der Waals surface area contributed by atoms with E-state index in [9.17, 15) is 9.59 Å². The van der Waals surface area contributed by atoms with E-state index in [0.29, 0.717) is 11.4 Å². The monoisotopic (exact) mass is 236 g/mol. The summed E-state index contributed by atoms with van der Waals surface area (Å²) in [5, 5.41) is 14.3. The quantitative estimate of drug-likeness (QED) is 0.745. The van der Waals surface area contributed by atoms with Crippen LogP contribution in [0.25, 0.3) is 0 Å². The number of nitrogens with one attached hydrogen (secondary N) is 2. The summed E-state index contributed by atoms with van der Waals surface area (Å²) in [6.45, 7) is 4.86. The van der Waals surface area contributed by atoms with E-state index in [-0.39, 0.29) is 5.91 Å². The first-order valence-electron chi connectivity index (χ1n) is 5.27. The fourth-order valence-corrected chi connectivity index (χ4v) is 1.35. The van der Waals surface area contributed by atoms with E-state index in [1.54, 1.807) is 19.1 Å². The van der Waals surface area contributed by atoms with Gasteiger partial charge in [-0.1, -0.05) is 6.07 Å². The molecule has 92 valence electrons. The lowest BCUT2D eigenvalue weighted by molar-refractivity contribution is -0.137. The van der Waals surface area contributed by atoms with Crippen LogP contribution in [0, 0.1) is 6.92 Å². The highest BCUT2D eigenvalue weighted by Gasteiger charge is 2.11. The minimum Gasteiger partial charge on any atom is -0.480 e. The standard InChI is InChI=1S/C12H16N2O3/c1-7-4-5-10(14-9(3)15)6-11(7)13-8(2)12(16)17/h4-6,8,13H,1-3H3,(H,14,15)(H,16,17). The van der Waals surface area contributed by atoms with Gasteiger partial charge in [0, 0.05) is 18.3 Å². The highest BCUT2D eigenvalue weighted by molar-refractivity contribution is 5.89. The maximum Gasteiger partial charge on any atom is 0.325 e. The molecule has 0 aliphatic carbocycles. The number of aryl methyl sites for hydroxylation is 1. The first kappa shape index (κ1) is 13.0. The molecule has 1 amide bonds. The fraction of sp³-hybridized carbons (Fsp3) is 0.333. The molecule has 0 radical (unpaired) electrons. The molecule has 1 rings (SSSR count). The average molecular weight is 236 g/mol. The van der Waals surface area contributed by atoms with Crippen LogP contribution in [0.2, 0.25) is 0 Å². The summed E-state index contributed by atoms with van der Waals surface area (Å²) in [5.41, 5.74) is 2.27. The normalized spacial score (nSPS) is 11.7. The molecule has 0 fully saturated rings. The Balaban J connectivity index is 2.90. The molecule has 0 heterocycles. The van der Waals surface area contributed by atoms with Crippen molar-refractivity contribution >= 4 is 23.3 Å².